The van der Waals surface area contributed by atoms with Crippen molar-refractivity contribution in [3.63, 3.8) is 0 Å². The molecule has 3 nitrogen and oxygen atoms in total. The topological polar surface area (TPSA) is 52.5 Å². The fraction of sp³-hybridized carbons (Fsp3) is 0.571. The van der Waals surface area contributed by atoms with Crippen LogP contribution in [0, 0.1) is 5.92 Å². The Hall–Kier alpha value is -1.06. The highest BCUT2D eigenvalue weighted by molar-refractivity contribution is 5.33. The van der Waals surface area contributed by atoms with E-state index >= 15 is 0 Å². The van der Waals surface area contributed by atoms with Crippen LogP contribution in [-0.4, -0.2) is 28.9 Å². The van der Waals surface area contributed by atoms with Crippen molar-refractivity contribution in [3.8, 4) is 5.75 Å². The standard InChI is InChI=1S/C14H21NO2/c1-14(17,12-6-8-15-9-7-12)10-11-4-2-3-5-13(11)16/h2-5,12,15-17H,6-10H2,1H3. The van der Waals surface area contributed by atoms with Gasteiger partial charge in [0.1, 0.15) is 5.75 Å². The Kier molecular flexibility index (Phi) is 3.69. The SMILES string of the molecule is CC(O)(Cc1ccccc1O)C1CCNCC1. The largest absolute Gasteiger partial charge is 0.508 e. The molecular formula is C14H21NO2. The predicted octanol–water partition coefficient (Wildman–Crippen LogP) is 1.69. The number of hydrogen-bond donors (Lipinski definition) is 3. The second-order valence-corrected chi connectivity index (χ2v) is 5.19. The molecule has 1 heterocycles. The zero-order valence-electron chi connectivity index (χ0n) is 10.3. The van der Waals surface area contributed by atoms with Gasteiger partial charge in [-0.2, -0.15) is 0 Å². The minimum Gasteiger partial charge on any atom is -0.508 e. The summed E-state index contributed by atoms with van der Waals surface area (Å²) in [5.41, 5.74) is 0.0945. The van der Waals surface area contributed by atoms with Crippen molar-refractivity contribution < 1.29 is 10.2 Å². The zero-order valence-corrected chi connectivity index (χ0v) is 10.3. The third-order valence-electron chi connectivity index (χ3n) is 3.76. The first-order valence-corrected chi connectivity index (χ1v) is 6.29. The van der Waals surface area contributed by atoms with E-state index in [0.29, 0.717) is 12.3 Å². The van der Waals surface area contributed by atoms with Gasteiger partial charge >= 0.3 is 0 Å². The molecule has 0 radical (unpaired) electrons. The van der Waals surface area contributed by atoms with E-state index in [0.717, 1.165) is 31.5 Å². The molecule has 94 valence electrons. The molecule has 1 aliphatic rings. The van der Waals surface area contributed by atoms with Crippen LogP contribution in [0.1, 0.15) is 25.3 Å². The summed E-state index contributed by atoms with van der Waals surface area (Å²) < 4.78 is 0. The minimum absolute atomic E-state index is 0.279. The van der Waals surface area contributed by atoms with E-state index < -0.39 is 5.60 Å². The lowest BCUT2D eigenvalue weighted by atomic mass is 9.78. The quantitative estimate of drug-likeness (QED) is 0.747. The van der Waals surface area contributed by atoms with Crippen LogP contribution >= 0.6 is 0 Å². The van der Waals surface area contributed by atoms with Gasteiger partial charge in [-0.1, -0.05) is 18.2 Å². The van der Waals surface area contributed by atoms with Crippen LogP contribution in [0.3, 0.4) is 0 Å². The number of benzene rings is 1. The third-order valence-corrected chi connectivity index (χ3v) is 3.76. The molecule has 1 aromatic carbocycles. The summed E-state index contributed by atoms with van der Waals surface area (Å²) in [4.78, 5) is 0. The van der Waals surface area contributed by atoms with E-state index in [1.165, 1.54) is 0 Å². The molecule has 1 aromatic rings. The first kappa shape index (κ1) is 12.4. The summed E-state index contributed by atoms with van der Waals surface area (Å²) in [6.45, 7) is 3.83. The van der Waals surface area contributed by atoms with E-state index in [-0.39, 0.29) is 5.75 Å². The molecule has 1 fully saturated rings. The number of phenolic OH excluding ortho intramolecular Hbond substituents is 1. The van der Waals surface area contributed by atoms with Gasteiger partial charge in [0.2, 0.25) is 0 Å². The smallest absolute Gasteiger partial charge is 0.118 e. The molecule has 1 aliphatic heterocycles. The summed E-state index contributed by atoms with van der Waals surface area (Å²) in [7, 11) is 0. The van der Waals surface area contributed by atoms with Crippen molar-refractivity contribution in [1.82, 2.24) is 5.32 Å². The molecule has 0 aliphatic carbocycles. The maximum atomic E-state index is 10.6. The van der Waals surface area contributed by atoms with Gasteiger partial charge in [-0.15, -0.1) is 0 Å². The minimum atomic E-state index is -0.735. The number of hydrogen-bond acceptors (Lipinski definition) is 3. The fourth-order valence-corrected chi connectivity index (χ4v) is 2.63. The highest BCUT2D eigenvalue weighted by Gasteiger charge is 2.33. The van der Waals surface area contributed by atoms with Gasteiger partial charge in [-0.05, 0) is 50.4 Å². The molecule has 0 aromatic heterocycles. The Morgan fingerprint density at radius 1 is 1.29 bits per heavy atom. The van der Waals surface area contributed by atoms with E-state index in [9.17, 15) is 10.2 Å². The van der Waals surface area contributed by atoms with Gasteiger partial charge in [-0.3, -0.25) is 0 Å². The Bertz CT molecular complexity index is 370. The first-order chi connectivity index (χ1) is 8.09. The molecule has 1 unspecified atom stereocenters. The summed E-state index contributed by atoms with van der Waals surface area (Å²) >= 11 is 0. The number of piperidine rings is 1. The Labute approximate surface area is 102 Å². The van der Waals surface area contributed by atoms with E-state index in [1.807, 2.05) is 19.1 Å². The van der Waals surface area contributed by atoms with Gasteiger partial charge in [0, 0.05) is 6.42 Å². The molecule has 1 atom stereocenters. The lowest BCUT2D eigenvalue weighted by molar-refractivity contribution is -0.0135. The molecule has 17 heavy (non-hydrogen) atoms. The summed E-state index contributed by atoms with van der Waals surface area (Å²) in [5.74, 6) is 0.588. The number of rotatable bonds is 3. The maximum Gasteiger partial charge on any atom is 0.118 e. The molecule has 0 bridgehead atoms. The summed E-state index contributed by atoms with van der Waals surface area (Å²) in [6.07, 6.45) is 2.52. The number of nitrogens with one attached hydrogen (secondary N) is 1. The van der Waals surface area contributed by atoms with Crippen molar-refractivity contribution in [2.45, 2.75) is 31.8 Å². The highest BCUT2D eigenvalue weighted by Crippen LogP contribution is 2.31. The van der Waals surface area contributed by atoms with Crippen molar-refractivity contribution in [3.05, 3.63) is 29.8 Å². The predicted molar refractivity (Wildman–Crippen MR) is 68.0 cm³/mol. The van der Waals surface area contributed by atoms with Crippen molar-refractivity contribution in [1.29, 1.82) is 0 Å². The van der Waals surface area contributed by atoms with Crippen LogP contribution in [0.5, 0.6) is 5.75 Å². The van der Waals surface area contributed by atoms with Crippen LogP contribution in [0.2, 0.25) is 0 Å². The normalized spacial score (nSPS) is 21.1. The van der Waals surface area contributed by atoms with Gasteiger partial charge in [0.25, 0.3) is 0 Å². The molecule has 2 rings (SSSR count). The van der Waals surface area contributed by atoms with Crippen LogP contribution in [-0.2, 0) is 6.42 Å². The number of para-hydroxylation sites is 1. The lowest BCUT2D eigenvalue weighted by Gasteiger charge is -2.36. The van der Waals surface area contributed by atoms with E-state index in [2.05, 4.69) is 5.32 Å². The molecule has 1 saturated heterocycles. The van der Waals surface area contributed by atoms with Crippen molar-refractivity contribution in [2.24, 2.45) is 5.92 Å². The molecular weight excluding hydrogens is 214 g/mol. The zero-order chi connectivity index (χ0) is 12.3. The summed E-state index contributed by atoms with van der Waals surface area (Å²) in [6, 6.07) is 7.25. The van der Waals surface area contributed by atoms with Crippen molar-refractivity contribution in [2.75, 3.05) is 13.1 Å². The molecule has 0 saturated carbocycles. The Morgan fingerprint density at radius 3 is 2.59 bits per heavy atom. The first-order valence-electron chi connectivity index (χ1n) is 6.29. The Morgan fingerprint density at radius 2 is 1.94 bits per heavy atom. The highest BCUT2D eigenvalue weighted by atomic mass is 16.3. The Balaban J connectivity index is 2.08. The van der Waals surface area contributed by atoms with E-state index in [4.69, 9.17) is 0 Å². The number of phenols is 1. The molecule has 0 spiro atoms. The van der Waals surface area contributed by atoms with Crippen molar-refractivity contribution >= 4 is 0 Å². The number of aliphatic hydroxyl groups is 1. The average Bonchev–Trinajstić information content (AvgIpc) is 2.33. The van der Waals surface area contributed by atoms with Crippen LogP contribution in [0.25, 0.3) is 0 Å². The second-order valence-electron chi connectivity index (χ2n) is 5.19. The lowest BCUT2D eigenvalue weighted by Crippen LogP contribution is -2.43. The van der Waals surface area contributed by atoms with Gasteiger partial charge in [0.05, 0.1) is 5.60 Å². The summed E-state index contributed by atoms with van der Waals surface area (Å²) in [5, 5.41) is 23.6. The maximum absolute atomic E-state index is 10.6. The molecule has 0 amide bonds. The average molecular weight is 235 g/mol. The van der Waals surface area contributed by atoms with Crippen LogP contribution in [0.4, 0.5) is 0 Å². The van der Waals surface area contributed by atoms with Gasteiger partial charge < -0.3 is 15.5 Å². The molecule has 3 heteroatoms. The number of aromatic hydroxyl groups is 1. The molecule has 3 N–H and O–H groups in total. The third kappa shape index (κ3) is 2.99. The second kappa shape index (κ2) is 5.07. The fourth-order valence-electron chi connectivity index (χ4n) is 2.63. The van der Waals surface area contributed by atoms with Gasteiger partial charge in [-0.25, -0.2) is 0 Å². The monoisotopic (exact) mass is 235 g/mol. The van der Waals surface area contributed by atoms with Gasteiger partial charge in [0.15, 0.2) is 0 Å². The van der Waals surface area contributed by atoms with E-state index in [1.54, 1.807) is 12.1 Å². The van der Waals surface area contributed by atoms with Crippen LogP contribution < -0.4 is 5.32 Å². The van der Waals surface area contributed by atoms with Crippen LogP contribution in [0.15, 0.2) is 24.3 Å².